The molecule has 0 bridgehead atoms. The van der Waals surface area contributed by atoms with Gasteiger partial charge in [0.05, 0.1) is 0 Å². The van der Waals surface area contributed by atoms with Crippen molar-refractivity contribution in [2.24, 2.45) is 5.92 Å². The molecule has 2 aliphatic rings. The Morgan fingerprint density at radius 2 is 1.65 bits per heavy atom. The molecule has 0 radical (unpaired) electrons. The van der Waals surface area contributed by atoms with Crippen LogP contribution in [0, 0.1) is 5.92 Å². The maximum atomic E-state index is 12.8. The normalized spacial score (nSPS) is 20.2. The Balaban J connectivity index is 1.75. The lowest BCUT2D eigenvalue weighted by atomic mass is 10.0. The van der Waals surface area contributed by atoms with Gasteiger partial charge in [0.2, 0.25) is 5.91 Å². The lowest BCUT2D eigenvalue weighted by molar-refractivity contribution is -0.135. The van der Waals surface area contributed by atoms with Crippen molar-refractivity contribution in [1.82, 2.24) is 14.7 Å². The number of amides is 2. The quantitative estimate of drug-likeness (QED) is 0.724. The summed E-state index contributed by atoms with van der Waals surface area (Å²) in [5.41, 5.74) is -0.458. The standard InChI is InChI=1S/C20H37N3O3/c1-15(2)16(3)23(17-7-8-17)18(24)9-10-21-11-13-22(14-12-21)19(25)26-20(4,5)6/h15-17H,7-14H2,1-6H3/t16-/m1/s1. The summed E-state index contributed by atoms with van der Waals surface area (Å²) in [5.74, 6) is 0.764. The van der Waals surface area contributed by atoms with Crippen LogP contribution in [-0.4, -0.2) is 77.1 Å². The van der Waals surface area contributed by atoms with Crippen molar-refractivity contribution < 1.29 is 14.3 Å². The summed E-state index contributed by atoms with van der Waals surface area (Å²) >= 11 is 0. The number of piperazine rings is 1. The lowest BCUT2D eigenvalue weighted by Crippen LogP contribution is -2.51. The minimum absolute atomic E-state index is 0.237. The zero-order valence-electron chi connectivity index (χ0n) is 17.5. The van der Waals surface area contributed by atoms with Crippen molar-refractivity contribution in [1.29, 1.82) is 0 Å². The average Bonchev–Trinajstić information content (AvgIpc) is 3.36. The van der Waals surface area contributed by atoms with Crippen molar-refractivity contribution in [2.75, 3.05) is 32.7 Å². The molecule has 0 spiro atoms. The van der Waals surface area contributed by atoms with Gasteiger partial charge in [-0.1, -0.05) is 13.8 Å². The summed E-state index contributed by atoms with van der Waals surface area (Å²) < 4.78 is 5.43. The van der Waals surface area contributed by atoms with Gasteiger partial charge in [-0.15, -0.1) is 0 Å². The topological polar surface area (TPSA) is 53.1 Å². The molecule has 1 aliphatic carbocycles. The summed E-state index contributed by atoms with van der Waals surface area (Å²) in [7, 11) is 0. The number of hydrogen-bond donors (Lipinski definition) is 0. The first-order chi connectivity index (χ1) is 12.1. The fourth-order valence-electron chi connectivity index (χ4n) is 3.30. The van der Waals surface area contributed by atoms with Crippen LogP contribution < -0.4 is 0 Å². The molecule has 1 heterocycles. The zero-order chi connectivity index (χ0) is 19.5. The first-order valence-electron chi connectivity index (χ1n) is 10.1. The molecule has 150 valence electrons. The second-order valence-corrected chi connectivity index (χ2v) is 9.08. The molecule has 1 saturated carbocycles. The van der Waals surface area contributed by atoms with E-state index < -0.39 is 5.60 Å². The van der Waals surface area contributed by atoms with Gasteiger partial charge in [0, 0.05) is 51.2 Å². The van der Waals surface area contributed by atoms with Gasteiger partial charge in [-0.25, -0.2) is 4.79 Å². The van der Waals surface area contributed by atoms with Crippen LogP contribution in [0.5, 0.6) is 0 Å². The van der Waals surface area contributed by atoms with Gasteiger partial charge >= 0.3 is 6.09 Å². The maximum absolute atomic E-state index is 12.8. The van der Waals surface area contributed by atoms with Crippen molar-refractivity contribution >= 4 is 12.0 Å². The van der Waals surface area contributed by atoms with E-state index in [1.54, 1.807) is 4.90 Å². The summed E-state index contributed by atoms with van der Waals surface area (Å²) in [4.78, 5) is 31.1. The molecular formula is C20H37N3O3. The van der Waals surface area contributed by atoms with Gasteiger partial charge in [-0.05, 0) is 46.5 Å². The highest BCUT2D eigenvalue weighted by molar-refractivity contribution is 5.77. The number of carbonyl (C=O) groups is 2. The highest BCUT2D eigenvalue weighted by Gasteiger charge is 2.36. The molecule has 1 saturated heterocycles. The third kappa shape index (κ3) is 6.15. The SMILES string of the molecule is CC(C)[C@@H](C)N(C(=O)CCN1CCN(C(=O)OC(C)(C)C)CC1)C1CC1. The second kappa shape index (κ2) is 8.59. The monoisotopic (exact) mass is 367 g/mol. The van der Waals surface area contributed by atoms with Crippen LogP contribution in [-0.2, 0) is 9.53 Å². The average molecular weight is 368 g/mol. The van der Waals surface area contributed by atoms with E-state index in [0.29, 0.717) is 37.5 Å². The first-order valence-corrected chi connectivity index (χ1v) is 10.1. The third-order valence-corrected chi connectivity index (χ3v) is 5.30. The zero-order valence-corrected chi connectivity index (χ0v) is 17.5. The maximum Gasteiger partial charge on any atom is 0.410 e. The Kier molecular flexibility index (Phi) is 6.94. The predicted molar refractivity (Wildman–Crippen MR) is 103 cm³/mol. The van der Waals surface area contributed by atoms with Crippen molar-refractivity contribution in [3.8, 4) is 0 Å². The molecule has 6 heteroatoms. The van der Waals surface area contributed by atoms with Crippen LogP contribution in [0.15, 0.2) is 0 Å². The van der Waals surface area contributed by atoms with Gasteiger partial charge in [-0.3, -0.25) is 9.69 Å². The van der Waals surface area contributed by atoms with Crippen LogP contribution in [0.2, 0.25) is 0 Å². The van der Waals surface area contributed by atoms with Gasteiger partial charge in [0.15, 0.2) is 0 Å². The van der Waals surface area contributed by atoms with Crippen molar-refractivity contribution in [2.45, 2.75) is 78.5 Å². The Labute approximate surface area is 158 Å². The van der Waals surface area contributed by atoms with Gasteiger partial charge in [-0.2, -0.15) is 0 Å². The van der Waals surface area contributed by atoms with Crippen LogP contribution >= 0.6 is 0 Å². The fourth-order valence-corrected chi connectivity index (χ4v) is 3.30. The molecule has 0 aromatic rings. The predicted octanol–water partition coefficient (Wildman–Crippen LogP) is 2.96. The molecule has 1 atom stereocenters. The second-order valence-electron chi connectivity index (χ2n) is 9.08. The minimum Gasteiger partial charge on any atom is -0.444 e. The molecule has 2 fully saturated rings. The van der Waals surface area contributed by atoms with Gasteiger partial charge in [0.25, 0.3) is 0 Å². The molecule has 26 heavy (non-hydrogen) atoms. The van der Waals surface area contributed by atoms with E-state index in [1.165, 1.54) is 0 Å². The highest BCUT2D eigenvalue weighted by atomic mass is 16.6. The van der Waals surface area contributed by atoms with Crippen LogP contribution in [0.4, 0.5) is 4.79 Å². The molecule has 1 aliphatic heterocycles. The van der Waals surface area contributed by atoms with E-state index in [1.807, 2.05) is 20.8 Å². The molecule has 0 aromatic heterocycles. The smallest absolute Gasteiger partial charge is 0.410 e. The molecule has 0 N–H and O–H groups in total. The van der Waals surface area contributed by atoms with Gasteiger partial charge in [0.1, 0.15) is 5.60 Å². The fraction of sp³-hybridized carbons (Fsp3) is 0.900. The number of nitrogens with zero attached hydrogens (tertiary/aromatic N) is 3. The van der Waals surface area contributed by atoms with Gasteiger partial charge < -0.3 is 14.5 Å². The Morgan fingerprint density at radius 3 is 2.12 bits per heavy atom. The summed E-state index contributed by atoms with van der Waals surface area (Å²) in [5, 5.41) is 0. The summed E-state index contributed by atoms with van der Waals surface area (Å²) in [6, 6.07) is 0.767. The molecular weight excluding hydrogens is 330 g/mol. The third-order valence-electron chi connectivity index (χ3n) is 5.30. The van der Waals surface area contributed by atoms with E-state index in [2.05, 4.69) is 30.6 Å². The van der Waals surface area contributed by atoms with E-state index in [-0.39, 0.29) is 12.0 Å². The number of hydrogen-bond acceptors (Lipinski definition) is 4. The number of ether oxygens (including phenoxy) is 1. The minimum atomic E-state index is -0.458. The van der Waals surface area contributed by atoms with Crippen molar-refractivity contribution in [3.05, 3.63) is 0 Å². The Bertz CT molecular complexity index is 489. The van der Waals surface area contributed by atoms with E-state index >= 15 is 0 Å². The van der Waals surface area contributed by atoms with E-state index in [4.69, 9.17) is 4.74 Å². The van der Waals surface area contributed by atoms with E-state index in [9.17, 15) is 9.59 Å². The molecule has 0 unspecified atom stereocenters. The first kappa shape index (κ1) is 21.0. The number of carbonyl (C=O) groups excluding carboxylic acids is 2. The van der Waals surface area contributed by atoms with Crippen LogP contribution in [0.25, 0.3) is 0 Å². The number of rotatable bonds is 6. The Hall–Kier alpha value is -1.30. The molecule has 2 rings (SSSR count). The largest absolute Gasteiger partial charge is 0.444 e. The highest BCUT2D eigenvalue weighted by Crippen LogP contribution is 2.31. The summed E-state index contributed by atoms with van der Waals surface area (Å²) in [6.07, 6.45) is 2.63. The van der Waals surface area contributed by atoms with Crippen LogP contribution in [0.3, 0.4) is 0 Å². The Morgan fingerprint density at radius 1 is 1.08 bits per heavy atom. The molecule has 2 amide bonds. The molecule has 6 nitrogen and oxygen atoms in total. The van der Waals surface area contributed by atoms with E-state index in [0.717, 1.165) is 32.5 Å². The lowest BCUT2D eigenvalue weighted by Gasteiger charge is -2.36. The van der Waals surface area contributed by atoms with Crippen LogP contribution in [0.1, 0.15) is 60.8 Å². The molecule has 0 aromatic carbocycles. The van der Waals surface area contributed by atoms with Crippen molar-refractivity contribution in [3.63, 3.8) is 0 Å². The summed E-state index contributed by atoms with van der Waals surface area (Å²) in [6.45, 7) is 15.9.